The van der Waals surface area contributed by atoms with Gasteiger partial charge < -0.3 is 5.32 Å². The zero-order valence-electron chi connectivity index (χ0n) is 9.30. The quantitative estimate of drug-likeness (QED) is 0.907. The van der Waals surface area contributed by atoms with Crippen LogP contribution in [0.2, 0.25) is 0 Å². The topological polar surface area (TPSA) is 37.8 Å². The molecule has 0 saturated carbocycles. The fourth-order valence-corrected chi connectivity index (χ4v) is 2.94. The maximum absolute atomic E-state index is 4.61. The minimum Gasteiger partial charge on any atom is -0.316 e. The molecule has 1 N–H and O–H groups in total. The van der Waals surface area contributed by atoms with Gasteiger partial charge in [-0.2, -0.15) is 0 Å². The van der Waals surface area contributed by atoms with Gasteiger partial charge in [-0.3, -0.25) is 4.98 Å². The van der Waals surface area contributed by atoms with Crippen molar-refractivity contribution in [2.75, 3.05) is 13.1 Å². The van der Waals surface area contributed by atoms with Gasteiger partial charge in [0.05, 0.1) is 17.2 Å². The lowest BCUT2D eigenvalue weighted by molar-refractivity contribution is 0.858. The Balaban J connectivity index is 0.00000108. The number of halogens is 1. The van der Waals surface area contributed by atoms with E-state index in [0.717, 1.165) is 29.1 Å². The first kappa shape index (κ1) is 12.6. The van der Waals surface area contributed by atoms with Crippen molar-refractivity contribution in [3.05, 3.63) is 30.5 Å². The van der Waals surface area contributed by atoms with E-state index in [1.165, 1.54) is 6.42 Å². The summed E-state index contributed by atoms with van der Waals surface area (Å²) in [5, 5.41) is 5.04. The molecule has 1 saturated heterocycles. The minimum atomic E-state index is 0. The summed E-state index contributed by atoms with van der Waals surface area (Å²) >= 11 is 1.83. The van der Waals surface area contributed by atoms with Crippen molar-refractivity contribution in [3.8, 4) is 0 Å². The Labute approximate surface area is 111 Å². The summed E-state index contributed by atoms with van der Waals surface area (Å²) < 4.78 is 0. The summed E-state index contributed by atoms with van der Waals surface area (Å²) in [6, 6.07) is 8.00. The van der Waals surface area contributed by atoms with E-state index in [1.807, 2.05) is 42.2 Å². The van der Waals surface area contributed by atoms with Crippen LogP contribution in [-0.2, 0) is 0 Å². The molecule has 1 aliphatic rings. The highest BCUT2D eigenvalue weighted by atomic mass is 35.5. The Hall–Kier alpha value is -0.840. The van der Waals surface area contributed by atoms with E-state index >= 15 is 0 Å². The smallest absolute Gasteiger partial charge is 0.115 e. The molecule has 1 aromatic carbocycles. The molecule has 0 bridgehead atoms. The van der Waals surface area contributed by atoms with Gasteiger partial charge in [0.1, 0.15) is 5.03 Å². The zero-order valence-corrected chi connectivity index (χ0v) is 10.9. The molecule has 3 nitrogen and oxygen atoms in total. The average Bonchev–Trinajstić information content (AvgIpc) is 2.82. The maximum atomic E-state index is 4.61. The van der Waals surface area contributed by atoms with Crippen LogP contribution in [-0.4, -0.2) is 28.3 Å². The van der Waals surface area contributed by atoms with E-state index in [0.29, 0.717) is 5.25 Å². The van der Waals surface area contributed by atoms with Gasteiger partial charge in [-0.05, 0) is 25.1 Å². The Kier molecular flexibility index (Phi) is 4.20. The van der Waals surface area contributed by atoms with Crippen LogP contribution in [0.25, 0.3) is 11.0 Å². The molecule has 17 heavy (non-hydrogen) atoms. The number of para-hydroxylation sites is 2. The number of thioether (sulfide) groups is 1. The van der Waals surface area contributed by atoms with Crippen molar-refractivity contribution in [2.45, 2.75) is 16.7 Å². The molecule has 0 amide bonds. The molecular weight excluding hydrogens is 254 g/mol. The lowest BCUT2D eigenvalue weighted by Gasteiger charge is -2.07. The summed E-state index contributed by atoms with van der Waals surface area (Å²) in [4.78, 5) is 9.03. The molecule has 1 aliphatic heterocycles. The molecule has 0 aliphatic carbocycles. The third-order valence-corrected chi connectivity index (χ3v) is 3.90. The third kappa shape index (κ3) is 2.89. The summed E-state index contributed by atoms with van der Waals surface area (Å²) in [6.45, 7) is 2.21. The van der Waals surface area contributed by atoms with Crippen LogP contribution in [0.3, 0.4) is 0 Å². The van der Waals surface area contributed by atoms with Gasteiger partial charge in [-0.15, -0.1) is 24.2 Å². The molecular formula is C12H14ClN3S. The van der Waals surface area contributed by atoms with Gasteiger partial charge in [-0.25, -0.2) is 4.98 Å². The second-order valence-corrected chi connectivity index (χ2v) is 5.25. The molecule has 0 spiro atoms. The van der Waals surface area contributed by atoms with E-state index in [-0.39, 0.29) is 12.4 Å². The number of rotatable bonds is 2. The molecule has 1 fully saturated rings. The van der Waals surface area contributed by atoms with E-state index in [4.69, 9.17) is 0 Å². The Morgan fingerprint density at radius 3 is 2.82 bits per heavy atom. The lowest BCUT2D eigenvalue weighted by Crippen LogP contribution is -2.10. The van der Waals surface area contributed by atoms with Gasteiger partial charge in [0.25, 0.3) is 0 Å². The zero-order chi connectivity index (χ0) is 10.8. The van der Waals surface area contributed by atoms with E-state index in [2.05, 4.69) is 15.3 Å². The van der Waals surface area contributed by atoms with Crippen LogP contribution < -0.4 is 5.32 Å². The standard InChI is InChI=1S/C12H13N3S.ClH/c1-2-4-11-10(3-1)14-8-12(15-11)16-9-5-6-13-7-9;/h1-4,8-9,13H,5-7H2;1H. The average molecular weight is 268 g/mol. The molecule has 1 unspecified atom stereocenters. The second kappa shape index (κ2) is 5.67. The van der Waals surface area contributed by atoms with Crippen molar-refractivity contribution in [1.29, 1.82) is 0 Å². The second-order valence-electron chi connectivity index (χ2n) is 3.93. The van der Waals surface area contributed by atoms with Crippen LogP contribution in [0, 0.1) is 0 Å². The van der Waals surface area contributed by atoms with Crippen molar-refractivity contribution in [1.82, 2.24) is 15.3 Å². The monoisotopic (exact) mass is 267 g/mol. The maximum Gasteiger partial charge on any atom is 0.115 e. The predicted octanol–water partition coefficient (Wildman–Crippen LogP) is 2.51. The number of fused-ring (bicyclic) bond motifs is 1. The molecule has 2 aromatic rings. The summed E-state index contributed by atoms with van der Waals surface area (Å²) in [7, 11) is 0. The number of aromatic nitrogens is 2. The van der Waals surface area contributed by atoms with E-state index in [9.17, 15) is 0 Å². The lowest BCUT2D eigenvalue weighted by atomic mass is 10.3. The minimum absolute atomic E-state index is 0. The van der Waals surface area contributed by atoms with Crippen molar-refractivity contribution >= 4 is 35.2 Å². The van der Waals surface area contributed by atoms with E-state index < -0.39 is 0 Å². The molecule has 0 radical (unpaired) electrons. The largest absolute Gasteiger partial charge is 0.316 e. The Bertz CT molecular complexity index is 500. The molecule has 90 valence electrons. The predicted molar refractivity (Wildman–Crippen MR) is 73.9 cm³/mol. The molecule has 2 heterocycles. The number of nitrogens with zero attached hydrogens (tertiary/aromatic N) is 2. The van der Waals surface area contributed by atoms with E-state index in [1.54, 1.807) is 0 Å². The fourth-order valence-electron chi connectivity index (χ4n) is 1.90. The van der Waals surface area contributed by atoms with Gasteiger partial charge in [0, 0.05) is 11.8 Å². The number of hydrogen-bond acceptors (Lipinski definition) is 4. The normalized spacial score (nSPS) is 19.2. The van der Waals surface area contributed by atoms with Crippen molar-refractivity contribution in [3.63, 3.8) is 0 Å². The van der Waals surface area contributed by atoms with Crippen LogP contribution in [0.4, 0.5) is 0 Å². The Morgan fingerprint density at radius 1 is 1.24 bits per heavy atom. The summed E-state index contributed by atoms with van der Waals surface area (Å²) in [5.41, 5.74) is 1.95. The summed E-state index contributed by atoms with van der Waals surface area (Å²) in [5.74, 6) is 0. The molecule has 3 rings (SSSR count). The van der Waals surface area contributed by atoms with Gasteiger partial charge >= 0.3 is 0 Å². The van der Waals surface area contributed by atoms with Crippen molar-refractivity contribution < 1.29 is 0 Å². The highest BCUT2D eigenvalue weighted by molar-refractivity contribution is 7.99. The number of hydrogen-bond donors (Lipinski definition) is 1. The number of nitrogens with one attached hydrogen (secondary N) is 1. The SMILES string of the molecule is Cl.c1ccc2nc(SC3CCNC3)cnc2c1. The van der Waals surface area contributed by atoms with Gasteiger partial charge in [0.2, 0.25) is 0 Å². The number of benzene rings is 1. The van der Waals surface area contributed by atoms with Crippen LogP contribution in [0.5, 0.6) is 0 Å². The van der Waals surface area contributed by atoms with Gasteiger partial charge in [-0.1, -0.05) is 12.1 Å². The van der Waals surface area contributed by atoms with Crippen molar-refractivity contribution in [2.24, 2.45) is 0 Å². The summed E-state index contributed by atoms with van der Waals surface area (Å²) in [6.07, 6.45) is 3.10. The first-order chi connectivity index (χ1) is 7.92. The Morgan fingerprint density at radius 2 is 2.06 bits per heavy atom. The molecule has 1 aromatic heterocycles. The van der Waals surface area contributed by atoms with Crippen LogP contribution in [0.1, 0.15) is 6.42 Å². The first-order valence-electron chi connectivity index (χ1n) is 5.51. The first-order valence-corrected chi connectivity index (χ1v) is 6.39. The third-order valence-electron chi connectivity index (χ3n) is 2.73. The van der Waals surface area contributed by atoms with Gasteiger partial charge in [0.15, 0.2) is 0 Å². The van der Waals surface area contributed by atoms with Crippen LogP contribution >= 0.6 is 24.2 Å². The highest BCUT2D eigenvalue weighted by Crippen LogP contribution is 2.25. The fraction of sp³-hybridized carbons (Fsp3) is 0.333. The highest BCUT2D eigenvalue weighted by Gasteiger charge is 2.16. The molecule has 1 atom stereocenters. The van der Waals surface area contributed by atoms with Crippen LogP contribution in [0.15, 0.2) is 35.5 Å². The molecule has 5 heteroatoms.